The summed E-state index contributed by atoms with van der Waals surface area (Å²) in [6.07, 6.45) is 0. The van der Waals surface area contributed by atoms with Crippen LogP contribution in [0.1, 0.15) is 5.56 Å². The summed E-state index contributed by atoms with van der Waals surface area (Å²) in [5, 5.41) is 13.5. The minimum absolute atomic E-state index is 0.610. The van der Waals surface area contributed by atoms with Crippen LogP contribution >= 0.6 is 35.0 Å². The molecule has 0 saturated heterocycles. The smallest absolute Gasteiger partial charge is 0.0974 e. The Hall–Kier alpha value is -0.820. The topological polar surface area (TPSA) is 35.8 Å². The molecule has 1 aromatic rings. The summed E-state index contributed by atoms with van der Waals surface area (Å²) in [6, 6.07) is 5.85. The second-order valence-electron chi connectivity index (χ2n) is 3.72. The van der Waals surface area contributed by atoms with Crippen LogP contribution in [-0.4, -0.2) is 11.5 Å². The number of halogens is 2. The van der Waals surface area contributed by atoms with Crippen molar-refractivity contribution in [1.82, 2.24) is 0 Å². The van der Waals surface area contributed by atoms with Crippen LogP contribution in [0.15, 0.2) is 23.4 Å². The molecule has 0 fully saturated rings. The second kappa shape index (κ2) is 5.22. The lowest BCUT2D eigenvalue weighted by atomic mass is 10.2. The SMILES string of the molecule is Cc1c(Cl)ccc(NC2=C(C#N)CSC2)c1Cl. The van der Waals surface area contributed by atoms with E-state index in [0.717, 1.165) is 34.0 Å². The van der Waals surface area contributed by atoms with Crippen molar-refractivity contribution in [3.8, 4) is 6.07 Å². The number of rotatable bonds is 2. The van der Waals surface area contributed by atoms with Crippen LogP contribution in [-0.2, 0) is 0 Å². The van der Waals surface area contributed by atoms with Gasteiger partial charge in [-0.2, -0.15) is 5.26 Å². The molecule has 2 rings (SSSR count). The molecule has 0 unspecified atom stereocenters. The average molecular weight is 285 g/mol. The highest BCUT2D eigenvalue weighted by atomic mass is 35.5. The molecule has 0 bridgehead atoms. The minimum Gasteiger partial charge on any atom is -0.356 e. The van der Waals surface area contributed by atoms with Crippen molar-refractivity contribution in [2.45, 2.75) is 6.92 Å². The summed E-state index contributed by atoms with van der Waals surface area (Å²) in [5.41, 5.74) is 3.39. The largest absolute Gasteiger partial charge is 0.356 e. The van der Waals surface area contributed by atoms with Gasteiger partial charge < -0.3 is 5.32 Å². The van der Waals surface area contributed by atoms with Crippen molar-refractivity contribution in [3.63, 3.8) is 0 Å². The fourth-order valence-corrected chi connectivity index (χ4v) is 2.97. The molecule has 1 aliphatic heterocycles. The van der Waals surface area contributed by atoms with E-state index in [4.69, 9.17) is 28.5 Å². The molecule has 0 atom stereocenters. The van der Waals surface area contributed by atoms with E-state index in [2.05, 4.69) is 11.4 Å². The molecule has 1 heterocycles. The van der Waals surface area contributed by atoms with Crippen LogP contribution < -0.4 is 5.32 Å². The fraction of sp³-hybridized carbons (Fsp3) is 0.250. The van der Waals surface area contributed by atoms with Gasteiger partial charge in [0.2, 0.25) is 0 Å². The molecule has 0 amide bonds. The van der Waals surface area contributed by atoms with Crippen molar-refractivity contribution in [1.29, 1.82) is 5.26 Å². The number of nitriles is 1. The van der Waals surface area contributed by atoms with E-state index in [1.807, 2.05) is 13.0 Å². The highest BCUT2D eigenvalue weighted by Gasteiger charge is 2.16. The van der Waals surface area contributed by atoms with E-state index < -0.39 is 0 Å². The molecule has 1 aromatic carbocycles. The Kier molecular flexibility index (Phi) is 3.88. The Morgan fingerprint density at radius 3 is 2.82 bits per heavy atom. The average Bonchev–Trinajstić information content (AvgIpc) is 2.77. The lowest BCUT2D eigenvalue weighted by Crippen LogP contribution is -2.02. The zero-order chi connectivity index (χ0) is 12.4. The number of thioether (sulfide) groups is 1. The van der Waals surface area contributed by atoms with Gasteiger partial charge in [0.05, 0.1) is 22.4 Å². The van der Waals surface area contributed by atoms with Gasteiger partial charge in [0.1, 0.15) is 0 Å². The molecule has 0 aromatic heterocycles. The standard InChI is InChI=1S/C12H10Cl2N2S/c1-7-9(13)2-3-10(12(7)14)16-11-6-17-5-8(11)4-15/h2-3,16H,5-6H2,1H3. The number of hydrogen-bond donors (Lipinski definition) is 1. The van der Waals surface area contributed by atoms with Gasteiger partial charge in [-0.25, -0.2) is 0 Å². The number of benzene rings is 1. The zero-order valence-electron chi connectivity index (χ0n) is 9.18. The summed E-state index contributed by atoms with van der Waals surface area (Å²) < 4.78 is 0. The van der Waals surface area contributed by atoms with Crippen molar-refractivity contribution in [3.05, 3.63) is 39.0 Å². The molecular weight excluding hydrogens is 275 g/mol. The van der Waals surface area contributed by atoms with Crippen molar-refractivity contribution >= 4 is 40.7 Å². The fourth-order valence-electron chi connectivity index (χ4n) is 1.56. The van der Waals surface area contributed by atoms with E-state index in [-0.39, 0.29) is 0 Å². The van der Waals surface area contributed by atoms with Gasteiger partial charge in [-0.3, -0.25) is 0 Å². The maximum Gasteiger partial charge on any atom is 0.0974 e. The summed E-state index contributed by atoms with van der Waals surface area (Å²) in [6.45, 7) is 1.87. The Balaban J connectivity index is 2.32. The monoisotopic (exact) mass is 284 g/mol. The molecule has 2 nitrogen and oxygen atoms in total. The van der Waals surface area contributed by atoms with E-state index in [0.29, 0.717) is 10.0 Å². The Labute approximate surface area is 115 Å². The first-order valence-corrected chi connectivity index (χ1v) is 6.96. The first-order valence-electron chi connectivity index (χ1n) is 5.05. The quantitative estimate of drug-likeness (QED) is 0.882. The van der Waals surface area contributed by atoms with Gasteiger partial charge in [0.25, 0.3) is 0 Å². The van der Waals surface area contributed by atoms with E-state index >= 15 is 0 Å². The van der Waals surface area contributed by atoms with Crippen LogP contribution in [0.3, 0.4) is 0 Å². The molecule has 1 N–H and O–H groups in total. The molecular formula is C12H10Cl2N2S. The third-order valence-corrected chi connectivity index (χ3v) is 4.48. The third kappa shape index (κ3) is 2.55. The van der Waals surface area contributed by atoms with Crippen LogP contribution in [0.4, 0.5) is 5.69 Å². The summed E-state index contributed by atoms with van der Waals surface area (Å²) >= 11 is 13.9. The predicted molar refractivity (Wildman–Crippen MR) is 74.8 cm³/mol. The lowest BCUT2D eigenvalue weighted by molar-refractivity contribution is 1.33. The van der Waals surface area contributed by atoms with Gasteiger partial charge in [-0.15, -0.1) is 11.8 Å². The van der Waals surface area contributed by atoms with Crippen molar-refractivity contribution in [2.75, 3.05) is 16.8 Å². The molecule has 0 aliphatic carbocycles. The van der Waals surface area contributed by atoms with Gasteiger partial charge in [-0.1, -0.05) is 23.2 Å². The summed E-state index contributed by atoms with van der Waals surface area (Å²) in [5.74, 6) is 1.59. The van der Waals surface area contributed by atoms with Crippen LogP contribution in [0, 0.1) is 18.3 Å². The normalized spacial score (nSPS) is 14.9. The molecule has 0 saturated carbocycles. The van der Waals surface area contributed by atoms with E-state index in [1.165, 1.54) is 0 Å². The first kappa shape index (κ1) is 12.6. The number of hydrogen-bond acceptors (Lipinski definition) is 3. The maximum absolute atomic E-state index is 8.97. The van der Waals surface area contributed by atoms with E-state index in [9.17, 15) is 0 Å². The highest BCUT2D eigenvalue weighted by Crippen LogP contribution is 2.33. The highest BCUT2D eigenvalue weighted by molar-refractivity contribution is 7.99. The Morgan fingerprint density at radius 2 is 2.12 bits per heavy atom. The zero-order valence-corrected chi connectivity index (χ0v) is 11.5. The first-order chi connectivity index (χ1) is 8.13. The van der Waals surface area contributed by atoms with Gasteiger partial charge in [-0.05, 0) is 24.6 Å². The molecule has 17 heavy (non-hydrogen) atoms. The Morgan fingerprint density at radius 1 is 1.35 bits per heavy atom. The maximum atomic E-state index is 8.97. The molecule has 5 heteroatoms. The third-order valence-electron chi connectivity index (χ3n) is 2.60. The molecule has 88 valence electrons. The van der Waals surface area contributed by atoms with Crippen molar-refractivity contribution < 1.29 is 0 Å². The number of nitrogens with zero attached hydrogens (tertiary/aromatic N) is 1. The van der Waals surface area contributed by atoms with Crippen LogP contribution in [0.2, 0.25) is 10.0 Å². The van der Waals surface area contributed by atoms with Crippen LogP contribution in [0.25, 0.3) is 0 Å². The lowest BCUT2D eigenvalue weighted by Gasteiger charge is -2.12. The van der Waals surface area contributed by atoms with Gasteiger partial charge >= 0.3 is 0 Å². The Bertz CT molecular complexity index is 532. The number of anilines is 1. The minimum atomic E-state index is 0.610. The molecule has 0 radical (unpaired) electrons. The van der Waals surface area contributed by atoms with Crippen LogP contribution in [0.5, 0.6) is 0 Å². The second-order valence-corrected chi connectivity index (χ2v) is 5.49. The predicted octanol–water partition coefficient (Wildman–Crippen LogP) is 4.24. The van der Waals surface area contributed by atoms with E-state index in [1.54, 1.807) is 17.8 Å². The molecule has 0 spiro atoms. The van der Waals surface area contributed by atoms with Gasteiger partial charge in [0, 0.05) is 22.2 Å². The summed E-state index contributed by atoms with van der Waals surface area (Å²) in [7, 11) is 0. The number of nitrogens with one attached hydrogen (secondary N) is 1. The molecule has 1 aliphatic rings. The van der Waals surface area contributed by atoms with Crippen molar-refractivity contribution in [2.24, 2.45) is 0 Å². The van der Waals surface area contributed by atoms with Gasteiger partial charge in [0.15, 0.2) is 0 Å². The summed E-state index contributed by atoms with van der Waals surface area (Å²) in [4.78, 5) is 0.